The first-order chi connectivity index (χ1) is 9.73. The van der Waals surface area contributed by atoms with Crippen molar-refractivity contribution < 1.29 is 32.5 Å². The van der Waals surface area contributed by atoms with Gasteiger partial charge in [0.05, 0.1) is 0 Å². The second-order valence-corrected chi connectivity index (χ2v) is 4.50. The van der Waals surface area contributed by atoms with Crippen LogP contribution in [0.4, 0.5) is 13.2 Å². The molecule has 0 amide bonds. The Hall–Kier alpha value is -2.02. The SMILES string of the molecule is CCOC1(C(F)(F)F)Oc2cccc(C)c2C=C1C(=O)O. The van der Waals surface area contributed by atoms with E-state index < -0.39 is 23.5 Å². The van der Waals surface area contributed by atoms with E-state index in [1.54, 1.807) is 13.0 Å². The molecule has 0 aromatic heterocycles. The highest BCUT2D eigenvalue weighted by atomic mass is 19.4. The largest absolute Gasteiger partial charge is 0.478 e. The molecule has 114 valence electrons. The molecule has 4 nitrogen and oxygen atoms in total. The fourth-order valence-electron chi connectivity index (χ4n) is 2.18. The Morgan fingerprint density at radius 3 is 2.62 bits per heavy atom. The number of aliphatic carboxylic acids is 1. The zero-order valence-corrected chi connectivity index (χ0v) is 11.3. The predicted octanol–water partition coefficient (Wildman–Crippen LogP) is 3.15. The van der Waals surface area contributed by atoms with Crippen LogP contribution in [-0.2, 0) is 9.53 Å². The van der Waals surface area contributed by atoms with Gasteiger partial charge in [-0.3, -0.25) is 0 Å². The maximum Gasteiger partial charge on any atom is 0.460 e. The van der Waals surface area contributed by atoms with Crippen LogP contribution in [0.5, 0.6) is 5.75 Å². The lowest BCUT2D eigenvalue weighted by molar-refractivity contribution is -0.332. The van der Waals surface area contributed by atoms with Crippen molar-refractivity contribution in [3.05, 3.63) is 34.9 Å². The summed E-state index contributed by atoms with van der Waals surface area (Å²) in [4.78, 5) is 11.3. The quantitative estimate of drug-likeness (QED) is 0.932. The third-order valence-corrected chi connectivity index (χ3v) is 3.13. The van der Waals surface area contributed by atoms with E-state index in [1.165, 1.54) is 19.1 Å². The zero-order chi connectivity index (χ0) is 15.8. The molecule has 1 unspecified atom stereocenters. The summed E-state index contributed by atoms with van der Waals surface area (Å²) in [6.07, 6.45) is -4.08. The zero-order valence-electron chi connectivity index (χ0n) is 11.3. The summed E-state index contributed by atoms with van der Waals surface area (Å²) in [6.45, 7) is 2.63. The van der Waals surface area contributed by atoms with E-state index in [4.69, 9.17) is 14.6 Å². The minimum atomic E-state index is -5.03. The number of carboxylic acid groups (broad SMARTS) is 1. The topological polar surface area (TPSA) is 55.8 Å². The number of hydrogen-bond donors (Lipinski definition) is 1. The van der Waals surface area contributed by atoms with Crippen molar-refractivity contribution in [1.82, 2.24) is 0 Å². The summed E-state index contributed by atoms with van der Waals surface area (Å²) in [5, 5.41) is 9.15. The van der Waals surface area contributed by atoms with Crippen LogP contribution in [-0.4, -0.2) is 29.6 Å². The van der Waals surface area contributed by atoms with Crippen LogP contribution in [0.15, 0.2) is 23.8 Å². The second kappa shape index (κ2) is 5.07. The molecule has 0 fully saturated rings. The van der Waals surface area contributed by atoms with Crippen molar-refractivity contribution in [3.8, 4) is 5.75 Å². The Balaban J connectivity index is 2.71. The lowest BCUT2D eigenvalue weighted by atomic mass is 9.95. The van der Waals surface area contributed by atoms with Crippen LogP contribution in [0, 0.1) is 6.92 Å². The Labute approximate surface area is 118 Å². The van der Waals surface area contributed by atoms with E-state index in [2.05, 4.69) is 0 Å². The summed E-state index contributed by atoms with van der Waals surface area (Å²) >= 11 is 0. The van der Waals surface area contributed by atoms with Gasteiger partial charge in [0.15, 0.2) is 0 Å². The molecule has 7 heteroatoms. The molecule has 21 heavy (non-hydrogen) atoms. The monoisotopic (exact) mass is 302 g/mol. The molecular formula is C14H13F3O4. The number of hydrogen-bond acceptors (Lipinski definition) is 3. The molecule has 0 bridgehead atoms. The number of ether oxygens (including phenoxy) is 2. The highest BCUT2D eigenvalue weighted by molar-refractivity contribution is 5.96. The molecule has 1 atom stereocenters. The van der Waals surface area contributed by atoms with Crippen LogP contribution in [0.3, 0.4) is 0 Å². The molecule has 1 aromatic rings. The van der Waals surface area contributed by atoms with Gasteiger partial charge in [0.25, 0.3) is 0 Å². The van der Waals surface area contributed by atoms with Crippen molar-refractivity contribution in [2.75, 3.05) is 6.61 Å². The molecular weight excluding hydrogens is 289 g/mol. The number of carbonyl (C=O) groups is 1. The van der Waals surface area contributed by atoms with Crippen LogP contribution in [0.25, 0.3) is 6.08 Å². The summed E-state index contributed by atoms with van der Waals surface area (Å²) in [6, 6.07) is 4.53. The number of benzene rings is 1. The molecule has 0 saturated heterocycles. The number of fused-ring (bicyclic) bond motifs is 1. The van der Waals surface area contributed by atoms with Gasteiger partial charge >= 0.3 is 17.9 Å². The lowest BCUT2D eigenvalue weighted by Crippen LogP contribution is -2.57. The Bertz CT molecular complexity index is 607. The van der Waals surface area contributed by atoms with Gasteiger partial charge in [0.2, 0.25) is 0 Å². The maximum absolute atomic E-state index is 13.4. The fraction of sp³-hybridized carbons (Fsp3) is 0.357. The van der Waals surface area contributed by atoms with E-state index in [-0.39, 0.29) is 12.4 Å². The highest BCUT2D eigenvalue weighted by Crippen LogP contribution is 2.46. The summed E-state index contributed by atoms with van der Waals surface area (Å²) in [5.74, 6) is -5.10. The highest BCUT2D eigenvalue weighted by Gasteiger charge is 2.65. The Morgan fingerprint density at radius 2 is 2.10 bits per heavy atom. The first kappa shape index (κ1) is 15.4. The molecule has 1 heterocycles. The van der Waals surface area contributed by atoms with Crippen molar-refractivity contribution in [1.29, 1.82) is 0 Å². The average Bonchev–Trinajstić information content (AvgIpc) is 2.37. The molecule has 1 aliphatic rings. The number of aryl methyl sites for hydroxylation is 1. The van der Waals surface area contributed by atoms with Gasteiger partial charge in [0.1, 0.15) is 11.3 Å². The fourth-order valence-corrected chi connectivity index (χ4v) is 2.18. The maximum atomic E-state index is 13.4. The van der Waals surface area contributed by atoms with Gasteiger partial charge in [0, 0.05) is 12.2 Å². The van der Waals surface area contributed by atoms with Gasteiger partial charge in [-0.05, 0) is 31.6 Å². The molecule has 0 spiro atoms. The molecule has 2 rings (SSSR count). The molecule has 0 saturated carbocycles. The Morgan fingerprint density at radius 1 is 1.43 bits per heavy atom. The van der Waals surface area contributed by atoms with Gasteiger partial charge < -0.3 is 14.6 Å². The summed E-state index contributed by atoms with van der Waals surface area (Å²) in [7, 11) is 0. The normalized spacial score (nSPS) is 21.3. The first-order valence-electron chi connectivity index (χ1n) is 6.17. The number of carboxylic acids is 1. The van der Waals surface area contributed by atoms with E-state index in [0.717, 1.165) is 6.08 Å². The summed E-state index contributed by atoms with van der Waals surface area (Å²) in [5.41, 5.74) is -0.0772. The third-order valence-electron chi connectivity index (χ3n) is 3.13. The minimum absolute atomic E-state index is 0.0641. The third kappa shape index (κ3) is 2.37. The second-order valence-electron chi connectivity index (χ2n) is 4.50. The summed E-state index contributed by atoms with van der Waals surface area (Å²) < 4.78 is 50.0. The van der Waals surface area contributed by atoms with Gasteiger partial charge in [-0.15, -0.1) is 0 Å². The van der Waals surface area contributed by atoms with Crippen molar-refractivity contribution in [3.63, 3.8) is 0 Å². The van der Waals surface area contributed by atoms with Gasteiger partial charge in [-0.1, -0.05) is 12.1 Å². The van der Waals surface area contributed by atoms with Gasteiger partial charge in [-0.2, -0.15) is 13.2 Å². The molecule has 0 radical (unpaired) electrons. The van der Waals surface area contributed by atoms with E-state index >= 15 is 0 Å². The van der Waals surface area contributed by atoms with Crippen LogP contribution in [0.1, 0.15) is 18.1 Å². The smallest absolute Gasteiger partial charge is 0.460 e. The number of halogens is 3. The average molecular weight is 302 g/mol. The van der Waals surface area contributed by atoms with Crippen LogP contribution < -0.4 is 4.74 Å². The lowest BCUT2D eigenvalue weighted by Gasteiger charge is -2.38. The molecule has 1 N–H and O–H groups in total. The Kier molecular flexibility index (Phi) is 3.71. The van der Waals surface area contributed by atoms with Crippen molar-refractivity contribution >= 4 is 12.0 Å². The first-order valence-corrected chi connectivity index (χ1v) is 6.17. The van der Waals surface area contributed by atoms with Gasteiger partial charge in [-0.25, -0.2) is 4.79 Å². The van der Waals surface area contributed by atoms with Crippen LogP contribution >= 0.6 is 0 Å². The molecule has 1 aliphatic heterocycles. The number of alkyl halides is 3. The van der Waals surface area contributed by atoms with E-state index in [9.17, 15) is 18.0 Å². The minimum Gasteiger partial charge on any atom is -0.478 e. The molecule has 0 aliphatic carbocycles. The molecule has 1 aromatic carbocycles. The predicted molar refractivity (Wildman–Crippen MR) is 67.8 cm³/mol. The van der Waals surface area contributed by atoms with Crippen molar-refractivity contribution in [2.24, 2.45) is 0 Å². The van der Waals surface area contributed by atoms with Crippen molar-refractivity contribution in [2.45, 2.75) is 25.8 Å². The van der Waals surface area contributed by atoms with Crippen LogP contribution in [0.2, 0.25) is 0 Å². The van der Waals surface area contributed by atoms with E-state index in [0.29, 0.717) is 11.1 Å². The standard InChI is InChI=1S/C14H13F3O4/c1-3-20-13(14(15,16)17)10(12(18)19)7-9-8(2)5-4-6-11(9)21-13/h4-7H,3H2,1-2H3,(H,18,19). The van der Waals surface area contributed by atoms with E-state index in [1.807, 2.05) is 0 Å². The number of rotatable bonds is 3.